The van der Waals surface area contributed by atoms with Crippen molar-refractivity contribution in [2.45, 2.75) is 45.4 Å². The van der Waals surface area contributed by atoms with Gasteiger partial charge < -0.3 is 5.73 Å². The topological polar surface area (TPSA) is 26.0 Å². The Balaban J connectivity index is 2.47. The van der Waals surface area contributed by atoms with Gasteiger partial charge in [-0.05, 0) is 43.5 Å². The van der Waals surface area contributed by atoms with E-state index in [4.69, 9.17) is 5.73 Å². The fourth-order valence-electron chi connectivity index (χ4n) is 1.74. The van der Waals surface area contributed by atoms with Gasteiger partial charge in [-0.15, -0.1) is 0 Å². The van der Waals surface area contributed by atoms with Crippen molar-refractivity contribution < 1.29 is 0 Å². The van der Waals surface area contributed by atoms with Gasteiger partial charge in [0.25, 0.3) is 0 Å². The second-order valence-electron chi connectivity index (χ2n) is 4.35. The van der Waals surface area contributed by atoms with Crippen LogP contribution in [0.2, 0.25) is 0 Å². The number of unbranched alkanes of at least 4 members (excludes halogenated alkanes) is 3. The van der Waals surface area contributed by atoms with E-state index in [1.807, 2.05) is 0 Å². The molecule has 1 nitrogen and oxygen atoms in total. The zero-order valence-corrected chi connectivity index (χ0v) is 10.8. The largest absolute Gasteiger partial charge is 0.330 e. The van der Waals surface area contributed by atoms with Gasteiger partial charge in [0.2, 0.25) is 0 Å². The molecule has 1 heteroatoms. The summed E-state index contributed by atoms with van der Waals surface area (Å²) in [5.74, 6) is 6.48. The lowest BCUT2D eigenvalue weighted by atomic mass is 10.1. The number of rotatable bonds is 6. The van der Waals surface area contributed by atoms with Crippen molar-refractivity contribution in [2.24, 2.45) is 5.73 Å². The molecule has 1 rings (SSSR count). The molecular formula is C16H23N. The summed E-state index contributed by atoms with van der Waals surface area (Å²) in [4.78, 5) is 0. The first-order valence-corrected chi connectivity index (χ1v) is 6.64. The van der Waals surface area contributed by atoms with E-state index >= 15 is 0 Å². The smallest absolute Gasteiger partial charge is 0.0247 e. The van der Waals surface area contributed by atoms with Gasteiger partial charge in [0.05, 0.1) is 0 Å². The van der Waals surface area contributed by atoms with Crippen LogP contribution in [-0.2, 0) is 6.42 Å². The van der Waals surface area contributed by atoms with Gasteiger partial charge in [0.1, 0.15) is 0 Å². The molecule has 0 saturated carbocycles. The van der Waals surface area contributed by atoms with Crippen molar-refractivity contribution in [3.63, 3.8) is 0 Å². The molecule has 2 N–H and O–H groups in total. The monoisotopic (exact) mass is 229 g/mol. The van der Waals surface area contributed by atoms with E-state index in [0.29, 0.717) is 0 Å². The lowest BCUT2D eigenvalue weighted by molar-refractivity contribution is 0.737. The molecule has 92 valence electrons. The van der Waals surface area contributed by atoms with Crippen LogP contribution in [0.1, 0.15) is 50.2 Å². The average molecular weight is 229 g/mol. The fraction of sp³-hybridized carbons (Fsp3) is 0.500. The maximum absolute atomic E-state index is 5.51. The van der Waals surface area contributed by atoms with Crippen molar-refractivity contribution in [2.75, 3.05) is 6.54 Å². The predicted molar refractivity (Wildman–Crippen MR) is 74.8 cm³/mol. The quantitative estimate of drug-likeness (QED) is 0.586. The highest BCUT2D eigenvalue weighted by molar-refractivity contribution is 5.37. The first-order chi connectivity index (χ1) is 8.36. The third-order valence-electron chi connectivity index (χ3n) is 2.73. The van der Waals surface area contributed by atoms with Gasteiger partial charge in [0, 0.05) is 12.0 Å². The standard InChI is InChI=1S/C16H23N/c1-2-3-4-5-6-9-15-10-7-11-16(14-15)12-8-13-17/h7,10-11,14H,2-5,8,12-13,17H2,1H3. The van der Waals surface area contributed by atoms with E-state index in [1.165, 1.54) is 24.8 Å². The average Bonchev–Trinajstić information content (AvgIpc) is 2.37. The second kappa shape index (κ2) is 8.84. The van der Waals surface area contributed by atoms with Crippen LogP contribution in [-0.4, -0.2) is 6.54 Å². The van der Waals surface area contributed by atoms with Gasteiger partial charge >= 0.3 is 0 Å². The number of hydrogen-bond acceptors (Lipinski definition) is 1. The van der Waals surface area contributed by atoms with Gasteiger partial charge in [-0.2, -0.15) is 0 Å². The highest BCUT2D eigenvalue weighted by Crippen LogP contribution is 2.06. The van der Waals surface area contributed by atoms with E-state index in [2.05, 4.69) is 43.0 Å². The normalized spacial score (nSPS) is 9.76. The molecule has 0 amide bonds. The Morgan fingerprint density at radius 1 is 1.18 bits per heavy atom. The SMILES string of the molecule is CCCCCC#Cc1cccc(CCCN)c1. The minimum absolute atomic E-state index is 0.757. The summed E-state index contributed by atoms with van der Waals surface area (Å²) >= 11 is 0. The molecule has 0 spiro atoms. The van der Waals surface area contributed by atoms with Gasteiger partial charge in [-0.1, -0.05) is 43.7 Å². The first-order valence-electron chi connectivity index (χ1n) is 6.64. The summed E-state index contributed by atoms with van der Waals surface area (Å²) in [7, 11) is 0. The minimum Gasteiger partial charge on any atom is -0.330 e. The molecule has 0 atom stereocenters. The third kappa shape index (κ3) is 6.14. The Bertz CT molecular complexity index is 371. The highest BCUT2D eigenvalue weighted by Gasteiger charge is 1.93. The predicted octanol–water partition coefficient (Wildman–Crippen LogP) is 3.51. The maximum Gasteiger partial charge on any atom is 0.0247 e. The van der Waals surface area contributed by atoms with Crippen LogP contribution >= 0.6 is 0 Å². The highest BCUT2D eigenvalue weighted by atomic mass is 14.5. The van der Waals surface area contributed by atoms with E-state index in [0.717, 1.165) is 31.4 Å². The number of aryl methyl sites for hydroxylation is 1. The van der Waals surface area contributed by atoms with Crippen LogP contribution in [0.15, 0.2) is 24.3 Å². The van der Waals surface area contributed by atoms with Crippen molar-refractivity contribution in [3.8, 4) is 11.8 Å². The molecule has 0 saturated heterocycles. The van der Waals surface area contributed by atoms with E-state index in [-0.39, 0.29) is 0 Å². The Labute approximate surface area is 105 Å². The molecule has 0 bridgehead atoms. The van der Waals surface area contributed by atoms with Gasteiger partial charge in [-0.3, -0.25) is 0 Å². The molecule has 0 aliphatic rings. The third-order valence-corrected chi connectivity index (χ3v) is 2.73. The maximum atomic E-state index is 5.51. The summed E-state index contributed by atoms with van der Waals surface area (Å²) in [5.41, 5.74) is 7.99. The Morgan fingerprint density at radius 3 is 2.82 bits per heavy atom. The molecule has 1 aromatic rings. The molecule has 0 aliphatic carbocycles. The van der Waals surface area contributed by atoms with Crippen LogP contribution in [0.3, 0.4) is 0 Å². The minimum atomic E-state index is 0.757. The molecule has 0 fully saturated rings. The van der Waals surface area contributed by atoms with Crippen LogP contribution in [0.5, 0.6) is 0 Å². The van der Waals surface area contributed by atoms with Crippen molar-refractivity contribution in [1.29, 1.82) is 0 Å². The van der Waals surface area contributed by atoms with Crippen LogP contribution in [0.25, 0.3) is 0 Å². The number of nitrogens with two attached hydrogens (primary N) is 1. The molecule has 0 unspecified atom stereocenters. The zero-order valence-electron chi connectivity index (χ0n) is 10.8. The molecule has 1 aromatic carbocycles. The number of hydrogen-bond donors (Lipinski definition) is 1. The van der Waals surface area contributed by atoms with E-state index in [9.17, 15) is 0 Å². The summed E-state index contributed by atoms with van der Waals surface area (Å²) in [5, 5.41) is 0. The molecular weight excluding hydrogens is 206 g/mol. The van der Waals surface area contributed by atoms with Crippen molar-refractivity contribution >= 4 is 0 Å². The van der Waals surface area contributed by atoms with Gasteiger partial charge in [0.15, 0.2) is 0 Å². The summed E-state index contributed by atoms with van der Waals surface area (Å²) in [6.07, 6.45) is 6.88. The van der Waals surface area contributed by atoms with E-state index in [1.54, 1.807) is 0 Å². The summed E-state index contributed by atoms with van der Waals surface area (Å²) in [6, 6.07) is 8.50. The summed E-state index contributed by atoms with van der Waals surface area (Å²) in [6.45, 7) is 2.97. The molecule has 0 aliphatic heterocycles. The second-order valence-corrected chi connectivity index (χ2v) is 4.35. The first kappa shape index (κ1) is 13.8. The molecule has 0 aromatic heterocycles. The van der Waals surface area contributed by atoms with Crippen LogP contribution < -0.4 is 5.73 Å². The molecule has 0 radical (unpaired) electrons. The fourth-order valence-corrected chi connectivity index (χ4v) is 1.74. The lowest BCUT2D eigenvalue weighted by Gasteiger charge is -1.99. The van der Waals surface area contributed by atoms with E-state index < -0.39 is 0 Å². The van der Waals surface area contributed by atoms with Gasteiger partial charge in [-0.25, -0.2) is 0 Å². The Hall–Kier alpha value is -1.26. The van der Waals surface area contributed by atoms with Crippen LogP contribution in [0.4, 0.5) is 0 Å². The molecule has 0 heterocycles. The Morgan fingerprint density at radius 2 is 2.06 bits per heavy atom. The van der Waals surface area contributed by atoms with Crippen LogP contribution in [0, 0.1) is 11.8 Å². The number of benzene rings is 1. The lowest BCUT2D eigenvalue weighted by Crippen LogP contribution is -2.00. The zero-order chi connectivity index (χ0) is 12.3. The van der Waals surface area contributed by atoms with Crippen molar-refractivity contribution in [3.05, 3.63) is 35.4 Å². The summed E-state index contributed by atoms with van der Waals surface area (Å²) < 4.78 is 0. The van der Waals surface area contributed by atoms with Crippen molar-refractivity contribution in [1.82, 2.24) is 0 Å². The molecule has 17 heavy (non-hydrogen) atoms. The Kier molecular flexibility index (Phi) is 7.18.